The van der Waals surface area contributed by atoms with Crippen LogP contribution >= 0.6 is 15.9 Å². The molecule has 16 heavy (non-hydrogen) atoms. The molecular formula is C13H21BrN2. The van der Waals surface area contributed by atoms with Crippen LogP contribution in [0.15, 0.2) is 28.7 Å². The van der Waals surface area contributed by atoms with Crippen LogP contribution in [0.4, 0.5) is 0 Å². The normalized spacial score (nSPS) is 13.1. The van der Waals surface area contributed by atoms with E-state index in [0.29, 0.717) is 6.04 Å². The summed E-state index contributed by atoms with van der Waals surface area (Å²) in [6.07, 6.45) is 1.18. The molecule has 0 aliphatic heterocycles. The van der Waals surface area contributed by atoms with Gasteiger partial charge in [-0.3, -0.25) is 4.90 Å². The van der Waals surface area contributed by atoms with E-state index in [1.165, 1.54) is 16.5 Å². The molecule has 0 saturated carbocycles. The second-order valence-corrected chi connectivity index (χ2v) is 5.10. The summed E-state index contributed by atoms with van der Waals surface area (Å²) in [5, 5.41) is 3.19. The summed E-state index contributed by atoms with van der Waals surface area (Å²) in [7, 11) is 4.18. The zero-order valence-corrected chi connectivity index (χ0v) is 11.9. The Morgan fingerprint density at radius 2 is 2.06 bits per heavy atom. The van der Waals surface area contributed by atoms with E-state index in [1.54, 1.807) is 0 Å². The lowest BCUT2D eigenvalue weighted by Gasteiger charge is -2.25. The molecule has 1 rings (SSSR count). The third-order valence-corrected chi connectivity index (χ3v) is 3.72. The fraction of sp³-hybridized carbons (Fsp3) is 0.538. The van der Waals surface area contributed by atoms with Crippen LogP contribution in [0.2, 0.25) is 0 Å². The van der Waals surface area contributed by atoms with Crippen molar-refractivity contribution in [2.45, 2.75) is 25.9 Å². The van der Waals surface area contributed by atoms with Crippen molar-refractivity contribution in [2.75, 3.05) is 20.6 Å². The highest BCUT2D eigenvalue weighted by Gasteiger charge is 2.10. The van der Waals surface area contributed by atoms with Gasteiger partial charge in [-0.1, -0.05) is 34.1 Å². The van der Waals surface area contributed by atoms with Gasteiger partial charge in [-0.15, -0.1) is 0 Å². The third-order valence-electron chi connectivity index (χ3n) is 2.94. The maximum absolute atomic E-state index is 3.59. The van der Waals surface area contributed by atoms with Gasteiger partial charge in [-0.2, -0.15) is 0 Å². The number of hydrogen-bond acceptors (Lipinski definition) is 2. The standard InChI is InChI=1S/C13H21BrN2/c1-11(8-9-15-2)16(3)10-12-6-4-5-7-13(12)14/h4-7,11,15H,8-10H2,1-3H3. The van der Waals surface area contributed by atoms with Gasteiger partial charge in [0, 0.05) is 17.1 Å². The van der Waals surface area contributed by atoms with Gasteiger partial charge in [0.25, 0.3) is 0 Å². The zero-order chi connectivity index (χ0) is 12.0. The van der Waals surface area contributed by atoms with Gasteiger partial charge in [0.1, 0.15) is 0 Å². The minimum Gasteiger partial charge on any atom is -0.320 e. The van der Waals surface area contributed by atoms with Gasteiger partial charge >= 0.3 is 0 Å². The summed E-state index contributed by atoms with van der Waals surface area (Å²) < 4.78 is 1.20. The zero-order valence-electron chi connectivity index (χ0n) is 10.3. The summed E-state index contributed by atoms with van der Waals surface area (Å²) in [4.78, 5) is 2.39. The quantitative estimate of drug-likeness (QED) is 0.864. The monoisotopic (exact) mass is 284 g/mol. The Balaban J connectivity index is 2.50. The highest BCUT2D eigenvalue weighted by molar-refractivity contribution is 9.10. The second kappa shape index (κ2) is 7.05. The second-order valence-electron chi connectivity index (χ2n) is 4.25. The van der Waals surface area contributed by atoms with Crippen molar-refractivity contribution in [3.8, 4) is 0 Å². The fourth-order valence-electron chi connectivity index (χ4n) is 1.62. The number of rotatable bonds is 6. The minimum absolute atomic E-state index is 0.597. The third kappa shape index (κ3) is 4.24. The first-order valence-electron chi connectivity index (χ1n) is 5.73. The molecule has 2 nitrogen and oxygen atoms in total. The first-order chi connectivity index (χ1) is 7.65. The van der Waals surface area contributed by atoms with E-state index in [1.807, 2.05) is 7.05 Å². The SMILES string of the molecule is CNCCC(C)N(C)Cc1ccccc1Br. The minimum atomic E-state index is 0.597. The smallest absolute Gasteiger partial charge is 0.0244 e. The maximum Gasteiger partial charge on any atom is 0.0244 e. The van der Waals surface area contributed by atoms with E-state index in [2.05, 4.69) is 64.4 Å². The van der Waals surface area contributed by atoms with Crippen LogP contribution in [0.25, 0.3) is 0 Å². The van der Waals surface area contributed by atoms with E-state index in [9.17, 15) is 0 Å². The predicted molar refractivity (Wildman–Crippen MR) is 73.6 cm³/mol. The fourth-order valence-corrected chi connectivity index (χ4v) is 2.03. The maximum atomic E-state index is 3.59. The summed E-state index contributed by atoms with van der Waals surface area (Å²) in [5.41, 5.74) is 1.35. The number of halogens is 1. The Morgan fingerprint density at radius 1 is 1.38 bits per heavy atom. The van der Waals surface area contributed by atoms with E-state index in [-0.39, 0.29) is 0 Å². The van der Waals surface area contributed by atoms with Crippen molar-refractivity contribution >= 4 is 15.9 Å². The van der Waals surface area contributed by atoms with Crippen molar-refractivity contribution in [3.63, 3.8) is 0 Å². The number of benzene rings is 1. The van der Waals surface area contributed by atoms with Crippen molar-refractivity contribution in [1.29, 1.82) is 0 Å². The van der Waals surface area contributed by atoms with Crippen molar-refractivity contribution in [3.05, 3.63) is 34.3 Å². The highest BCUT2D eigenvalue weighted by Crippen LogP contribution is 2.18. The molecule has 1 aromatic carbocycles. The molecule has 1 aromatic rings. The Bertz CT molecular complexity index is 315. The first-order valence-corrected chi connectivity index (χ1v) is 6.52. The van der Waals surface area contributed by atoms with Crippen molar-refractivity contribution in [2.24, 2.45) is 0 Å². The first kappa shape index (κ1) is 13.7. The molecule has 0 saturated heterocycles. The average molecular weight is 285 g/mol. The molecule has 0 bridgehead atoms. The van der Waals surface area contributed by atoms with Crippen molar-refractivity contribution < 1.29 is 0 Å². The van der Waals surface area contributed by atoms with Gasteiger partial charge in [-0.05, 0) is 45.6 Å². The van der Waals surface area contributed by atoms with E-state index < -0.39 is 0 Å². The van der Waals surface area contributed by atoms with Crippen LogP contribution in [0.5, 0.6) is 0 Å². The Hall–Kier alpha value is -0.380. The Kier molecular flexibility index (Phi) is 6.03. The van der Waals surface area contributed by atoms with E-state index in [0.717, 1.165) is 13.1 Å². The largest absolute Gasteiger partial charge is 0.320 e. The molecule has 0 aromatic heterocycles. The molecule has 3 heteroatoms. The molecule has 0 spiro atoms. The predicted octanol–water partition coefficient (Wildman–Crippen LogP) is 2.88. The Morgan fingerprint density at radius 3 is 2.69 bits per heavy atom. The lowest BCUT2D eigenvalue weighted by atomic mass is 10.1. The number of hydrogen-bond donors (Lipinski definition) is 1. The molecule has 0 aliphatic rings. The summed E-state index contributed by atoms with van der Waals surface area (Å²) in [6.45, 7) is 4.34. The lowest BCUT2D eigenvalue weighted by Crippen LogP contribution is -2.31. The molecular weight excluding hydrogens is 264 g/mol. The molecule has 0 radical (unpaired) electrons. The number of nitrogens with one attached hydrogen (secondary N) is 1. The van der Waals surface area contributed by atoms with Crippen LogP contribution in [0.1, 0.15) is 18.9 Å². The van der Waals surface area contributed by atoms with Gasteiger partial charge in [-0.25, -0.2) is 0 Å². The lowest BCUT2D eigenvalue weighted by molar-refractivity contribution is 0.237. The summed E-state index contributed by atoms with van der Waals surface area (Å²) in [5.74, 6) is 0. The van der Waals surface area contributed by atoms with Gasteiger partial charge in [0.15, 0.2) is 0 Å². The summed E-state index contributed by atoms with van der Waals surface area (Å²) in [6, 6.07) is 9.01. The van der Waals surface area contributed by atoms with E-state index >= 15 is 0 Å². The topological polar surface area (TPSA) is 15.3 Å². The van der Waals surface area contributed by atoms with Gasteiger partial charge < -0.3 is 5.32 Å². The van der Waals surface area contributed by atoms with Crippen LogP contribution in [-0.2, 0) is 6.54 Å². The Labute approximate surface area is 107 Å². The molecule has 1 N–H and O–H groups in total. The van der Waals surface area contributed by atoms with Crippen LogP contribution in [-0.4, -0.2) is 31.6 Å². The molecule has 0 aliphatic carbocycles. The average Bonchev–Trinajstić information content (AvgIpc) is 2.28. The van der Waals surface area contributed by atoms with Crippen LogP contribution < -0.4 is 5.32 Å². The molecule has 90 valence electrons. The molecule has 1 atom stereocenters. The molecule has 0 fully saturated rings. The molecule has 0 heterocycles. The highest BCUT2D eigenvalue weighted by atomic mass is 79.9. The van der Waals surface area contributed by atoms with Gasteiger partial charge in [0.2, 0.25) is 0 Å². The summed E-state index contributed by atoms with van der Waals surface area (Å²) >= 11 is 3.59. The molecule has 0 amide bonds. The van der Waals surface area contributed by atoms with Crippen LogP contribution in [0, 0.1) is 0 Å². The van der Waals surface area contributed by atoms with Crippen LogP contribution in [0.3, 0.4) is 0 Å². The number of nitrogens with zero attached hydrogens (tertiary/aromatic N) is 1. The van der Waals surface area contributed by atoms with Gasteiger partial charge in [0.05, 0.1) is 0 Å². The molecule has 1 unspecified atom stereocenters. The van der Waals surface area contributed by atoms with E-state index in [4.69, 9.17) is 0 Å². The van der Waals surface area contributed by atoms with Crippen molar-refractivity contribution in [1.82, 2.24) is 10.2 Å².